The van der Waals surface area contributed by atoms with Crippen LogP contribution in [-0.2, 0) is 9.53 Å². The predicted octanol–water partition coefficient (Wildman–Crippen LogP) is 4.40. The molecule has 0 bridgehead atoms. The molecule has 0 spiro atoms. The van der Waals surface area contributed by atoms with Crippen LogP contribution in [0.3, 0.4) is 0 Å². The van der Waals surface area contributed by atoms with Crippen LogP contribution in [0.15, 0.2) is 27.9 Å². The number of rotatable bonds is 6. The summed E-state index contributed by atoms with van der Waals surface area (Å²) in [6.45, 7) is 5.74. The fraction of sp³-hybridized carbons (Fsp3) is 0.545. The predicted molar refractivity (Wildman–Crippen MR) is 122 cm³/mol. The number of tetrazole rings is 1. The minimum absolute atomic E-state index is 0.0285. The fourth-order valence-corrected chi connectivity index (χ4v) is 4.78. The summed E-state index contributed by atoms with van der Waals surface area (Å²) >= 11 is 3.60. The molecule has 1 aromatic heterocycles. The number of esters is 1. The number of aromatic nitrogens is 4. The molecule has 0 amide bonds. The standard InChI is InChI=1S/C22H28BrN5O4/c1-12(2)31-20-16(23)10-14(11-17(20)30-4)19-18(13(3)24-22-25-26-27-28(19)22)21(29)32-15-8-6-5-7-9-15/h10-12,15,19H,5-9H2,1-4H3,(H,24,25,27). The first-order valence-corrected chi connectivity index (χ1v) is 11.7. The summed E-state index contributed by atoms with van der Waals surface area (Å²) in [7, 11) is 1.59. The number of nitrogens with one attached hydrogen (secondary N) is 1. The molecule has 10 heteroatoms. The van der Waals surface area contributed by atoms with Crippen molar-refractivity contribution in [1.29, 1.82) is 0 Å². The van der Waals surface area contributed by atoms with Gasteiger partial charge in [-0.15, -0.1) is 0 Å². The molecule has 9 nitrogen and oxygen atoms in total. The number of anilines is 1. The quantitative estimate of drug-likeness (QED) is 0.576. The summed E-state index contributed by atoms with van der Waals surface area (Å²) in [4.78, 5) is 13.4. The number of hydrogen-bond donors (Lipinski definition) is 1. The maximum Gasteiger partial charge on any atom is 0.338 e. The molecular weight excluding hydrogens is 478 g/mol. The van der Waals surface area contributed by atoms with Gasteiger partial charge in [0.15, 0.2) is 11.5 Å². The summed E-state index contributed by atoms with van der Waals surface area (Å²) in [5.41, 5.74) is 1.91. The molecule has 1 aliphatic carbocycles. The minimum atomic E-state index is -0.573. The highest BCUT2D eigenvalue weighted by atomic mass is 79.9. The number of methoxy groups -OCH3 is 1. The normalized spacial score (nSPS) is 18.9. The van der Waals surface area contributed by atoms with Crippen LogP contribution in [0.2, 0.25) is 0 Å². The highest BCUT2D eigenvalue weighted by Gasteiger charge is 2.37. The van der Waals surface area contributed by atoms with Crippen molar-refractivity contribution in [3.63, 3.8) is 0 Å². The second-order valence-electron chi connectivity index (χ2n) is 8.38. The Kier molecular flexibility index (Phi) is 6.68. The van der Waals surface area contributed by atoms with Gasteiger partial charge in [0.1, 0.15) is 12.1 Å². The first-order chi connectivity index (χ1) is 15.4. The number of halogens is 1. The monoisotopic (exact) mass is 505 g/mol. The van der Waals surface area contributed by atoms with E-state index in [-0.39, 0.29) is 18.2 Å². The molecule has 172 valence electrons. The minimum Gasteiger partial charge on any atom is -0.493 e. The number of fused-ring (bicyclic) bond motifs is 1. The topological polar surface area (TPSA) is 100 Å². The van der Waals surface area contributed by atoms with Crippen molar-refractivity contribution in [1.82, 2.24) is 20.2 Å². The second-order valence-corrected chi connectivity index (χ2v) is 9.23. The zero-order valence-electron chi connectivity index (χ0n) is 18.7. The Balaban J connectivity index is 1.76. The molecule has 1 unspecified atom stereocenters. The molecule has 32 heavy (non-hydrogen) atoms. The third-order valence-electron chi connectivity index (χ3n) is 5.68. The van der Waals surface area contributed by atoms with Gasteiger partial charge in [0.2, 0.25) is 5.95 Å². The molecule has 1 aliphatic heterocycles. The zero-order valence-corrected chi connectivity index (χ0v) is 20.3. The molecule has 0 radical (unpaired) electrons. The number of allylic oxidation sites excluding steroid dienone is 1. The summed E-state index contributed by atoms with van der Waals surface area (Å²) in [5.74, 6) is 1.25. The lowest BCUT2D eigenvalue weighted by atomic mass is 9.94. The van der Waals surface area contributed by atoms with Gasteiger partial charge in [0.25, 0.3) is 0 Å². The lowest BCUT2D eigenvalue weighted by Gasteiger charge is -2.30. The Hall–Kier alpha value is -2.62. The third-order valence-corrected chi connectivity index (χ3v) is 6.27. The Bertz CT molecular complexity index is 1030. The first-order valence-electron chi connectivity index (χ1n) is 10.9. The van der Waals surface area contributed by atoms with Crippen molar-refractivity contribution >= 4 is 27.8 Å². The van der Waals surface area contributed by atoms with Crippen molar-refractivity contribution in [3.8, 4) is 11.5 Å². The molecular formula is C22H28BrN5O4. The van der Waals surface area contributed by atoms with E-state index in [2.05, 4.69) is 36.8 Å². The van der Waals surface area contributed by atoms with Gasteiger partial charge in [-0.25, -0.2) is 4.79 Å². The molecule has 1 atom stereocenters. The lowest BCUT2D eigenvalue weighted by molar-refractivity contribution is -0.146. The molecule has 2 aromatic rings. The lowest BCUT2D eigenvalue weighted by Crippen LogP contribution is -2.32. The van der Waals surface area contributed by atoms with E-state index in [9.17, 15) is 4.79 Å². The van der Waals surface area contributed by atoms with Crippen molar-refractivity contribution < 1.29 is 19.0 Å². The summed E-state index contributed by atoms with van der Waals surface area (Å²) in [6.07, 6.45) is 5.05. The average Bonchev–Trinajstić information content (AvgIpc) is 3.22. The van der Waals surface area contributed by atoms with Gasteiger partial charge in [-0.2, -0.15) is 4.68 Å². The van der Waals surface area contributed by atoms with Crippen LogP contribution in [0.4, 0.5) is 5.95 Å². The van der Waals surface area contributed by atoms with Gasteiger partial charge >= 0.3 is 5.97 Å². The number of hydrogen-bond acceptors (Lipinski definition) is 8. The van der Waals surface area contributed by atoms with E-state index < -0.39 is 6.04 Å². The van der Waals surface area contributed by atoms with Gasteiger partial charge in [0, 0.05) is 5.70 Å². The van der Waals surface area contributed by atoms with Gasteiger partial charge in [-0.3, -0.25) is 0 Å². The van der Waals surface area contributed by atoms with Crippen LogP contribution >= 0.6 is 15.9 Å². The van der Waals surface area contributed by atoms with Crippen LogP contribution < -0.4 is 14.8 Å². The molecule has 1 N–H and O–H groups in total. The van der Waals surface area contributed by atoms with E-state index in [1.807, 2.05) is 32.9 Å². The third kappa shape index (κ3) is 4.46. The van der Waals surface area contributed by atoms with Gasteiger partial charge in [-0.05, 0) is 90.5 Å². The van der Waals surface area contributed by atoms with Crippen LogP contribution in [-0.4, -0.2) is 45.5 Å². The number of ether oxygens (including phenoxy) is 3. The Morgan fingerprint density at radius 3 is 2.69 bits per heavy atom. The van der Waals surface area contributed by atoms with Gasteiger partial charge in [-0.1, -0.05) is 11.5 Å². The number of benzene rings is 1. The van der Waals surface area contributed by atoms with Crippen molar-refractivity contribution in [2.45, 2.75) is 71.1 Å². The molecule has 2 aliphatic rings. The van der Waals surface area contributed by atoms with E-state index in [0.717, 1.165) is 31.2 Å². The summed E-state index contributed by atoms with van der Waals surface area (Å²) in [5, 5.41) is 15.1. The smallest absolute Gasteiger partial charge is 0.338 e. The largest absolute Gasteiger partial charge is 0.493 e. The molecule has 1 fully saturated rings. The maximum atomic E-state index is 13.4. The van der Waals surface area contributed by atoms with Gasteiger partial charge < -0.3 is 19.5 Å². The van der Waals surface area contributed by atoms with Crippen LogP contribution in [0.1, 0.15) is 64.5 Å². The van der Waals surface area contributed by atoms with Gasteiger partial charge in [0.05, 0.1) is 23.3 Å². The summed E-state index contributed by atoms with van der Waals surface area (Å²) < 4.78 is 19.8. The molecule has 0 saturated heterocycles. The maximum absolute atomic E-state index is 13.4. The Morgan fingerprint density at radius 1 is 1.25 bits per heavy atom. The highest BCUT2D eigenvalue weighted by Crippen LogP contribution is 2.43. The number of carbonyl (C=O) groups excluding carboxylic acids is 1. The zero-order chi connectivity index (χ0) is 22.8. The fourth-order valence-electron chi connectivity index (χ4n) is 4.23. The van der Waals surface area contributed by atoms with E-state index in [1.165, 1.54) is 6.42 Å². The molecule has 1 saturated carbocycles. The van der Waals surface area contributed by atoms with E-state index in [4.69, 9.17) is 14.2 Å². The highest BCUT2D eigenvalue weighted by molar-refractivity contribution is 9.10. The van der Waals surface area contributed by atoms with Crippen molar-refractivity contribution in [2.75, 3.05) is 12.4 Å². The van der Waals surface area contributed by atoms with Crippen LogP contribution in [0.25, 0.3) is 0 Å². The number of nitrogens with zero attached hydrogens (tertiary/aromatic N) is 4. The average molecular weight is 506 g/mol. The van der Waals surface area contributed by atoms with E-state index in [1.54, 1.807) is 11.8 Å². The van der Waals surface area contributed by atoms with Crippen LogP contribution in [0, 0.1) is 0 Å². The molecule has 1 aromatic carbocycles. The molecule has 4 rings (SSSR count). The second kappa shape index (κ2) is 9.48. The first kappa shape index (κ1) is 22.6. The molecule has 2 heterocycles. The number of carbonyl (C=O) groups is 1. The van der Waals surface area contributed by atoms with E-state index in [0.29, 0.717) is 33.2 Å². The van der Waals surface area contributed by atoms with E-state index >= 15 is 0 Å². The van der Waals surface area contributed by atoms with Crippen molar-refractivity contribution in [3.05, 3.63) is 33.4 Å². The van der Waals surface area contributed by atoms with Crippen molar-refractivity contribution in [2.24, 2.45) is 0 Å². The Labute approximate surface area is 195 Å². The van der Waals surface area contributed by atoms with Crippen LogP contribution in [0.5, 0.6) is 11.5 Å². The SMILES string of the molecule is COc1cc(C2C(C(=O)OC3CCCCC3)=C(C)Nc3nnnn32)cc(Br)c1OC(C)C. The summed E-state index contributed by atoms with van der Waals surface area (Å²) in [6, 6.07) is 3.18. The Morgan fingerprint density at radius 2 is 2.00 bits per heavy atom.